The fourth-order valence-corrected chi connectivity index (χ4v) is 4.13. The molecule has 1 unspecified atom stereocenters. The number of benzene rings is 2. The second-order valence-electron chi connectivity index (χ2n) is 7.55. The van der Waals surface area contributed by atoms with Crippen molar-refractivity contribution in [3.8, 4) is 11.5 Å². The van der Waals surface area contributed by atoms with Crippen LogP contribution >= 0.6 is 0 Å². The number of ether oxygens (including phenoxy) is 2. The lowest BCUT2D eigenvalue weighted by atomic mass is 9.92. The van der Waals surface area contributed by atoms with Crippen molar-refractivity contribution >= 4 is 11.5 Å². The lowest BCUT2D eigenvalue weighted by Gasteiger charge is -2.35. The standard InChI is InChI=1S/C23H27NO3/c1-24-18(15-21(25)19-10-6-7-11-20(19)24)9-5-3-2-4-8-17-12-13-22-23(14-17)27-16-26-22/h6-7,10-14,18H,2-5,8-9,15-16H2,1H3. The smallest absolute Gasteiger partial charge is 0.231 e. The molecule has 2 aromatic rings. The highest BCUT2D eigenvalue weighted by Crippen LogP contribution is 2.33. The van der Waals surface area contributed by atoms with Gasteiger partial charge in [-0.15, -0.1) is 0 Å². The van der Waals surface area contributed by atoms with Crippen LogP contribution in [-0.4, -0.2) is 25.7 Å². The number of rotatable bonds is 7. The van der Waals surface area contributed by atoms with Crippen LogP contribution in [-0.2, 0) is 6.42 Å². The molecule has 0 spiro atoms. The summed E-state index contributed by atoms with van der Waals surface area (Å²) >= 11 is 0. The number of para-hydroxylation sites is 1. The van der Waals surface area contributed by atoms with Crippen LogP contribution in [0, 0.1) is 0 Å². The number of unbranched alkanes of at least 4 members (excludes halogenated alkanes) is 3. The maximum absolute atomic E-state index is 12.4. The number of aryl methyl sites for hydroxylation is 1. The number of nitrogens with zero attached hydrogens (tertiary/aromatic N) is 1. The molecule has 0 fully saturated rings. The summed E-state index contributed by atoms with van der Waals surface area (Å²) in [5, 5.41) is 0. The molecule has 0 bridgehead atoms. The molecule has 0 N–H and O–H groups in total. The molecule has 0 aromatic heterocycles. The van der Waals surface area contributed by atoms with Crippen LogP contribution in [0.1, 0.15) is 54.4 Å². The van der Waals surface area contributed by atoms with Crippen molar-refractivity contribution in [3.05, 3.63) is 53.6 Å². The quantitative estimate of drug-likeness (QED) is 0.647. The van der Waals surface area contributed by atoms with E-state index in [9.17, 15) is 4.79 Å². The molecule has 0 radical (unpaired) electrons. The van der Waals surface area contributed by atoms with E-state index < -0.39 is 0 Å². The highest BCUT2D eigenvalue weighted by atomic mass is 16.7. The average Bonchev–Trinajstić information content (AvgIpc) is 3.16. The Labute approximate surface area is 161 Å². The largest absolute Gasteiger partial charge is 0.454 e. The monoisotopic (exact) mass is 365 g/mol. The normalized spacial score (nSPS) is 17.9. The van der Waals surface area contributed by atoms with Crippen molar-refractivity contribution in [1.82, 2.24) is 0 Å². The van der Waals surface area contributed by atoms with Crippen LogP contribution in [0.5, 0.6) is 11.5 Å². The highest BCUT2D eigenvalue weighted by molar-refractivity contribution is 6.03. The molecule has 0 amide bonds. The number of fused-ring (bicyclic) bond motifs is 2. The van der Waals surface area contributed by atoms with E-state index in [1.165, 1.54) is 31.2 Å². The van der Waals surface area contributed by atoms with Crippen molar-refractivity contribution < 1.29 is 14.3 Å². The van der Waals surface area contributed by atoms with Gasteiger partial charge in [0.25, 0.3) is 0 Å². The molecule has 2 aromatic carbocycles. The Morgan fingerprint density at radius 2 is 1.81 bits per heavy atom. The minimum atomic E-state index is 0.288. The van der Waals surface area contributed by atoms with E-state index in [0.29, 0.717) is 19.3 Å². The van der Waals surface area contributed by atoms with Gasteiger partial charge in [-0.3, -0.25) is 4.79 Å². The van der Waals surface area contributed by atoms with Crippen molar-refractivity contribution in [2.24, 2.45) is 0 Å². The van der Waals surface area contributed by atoms with Gasteiger partial charge in [-0.05, 0) is 49.1 Å². The molecule has 142 valence electrons. The Bertz CT molecular complexity index is 817. The molecular weight excluding hydrogens is 338 g/mol. The summed E-state index contributed by atoms with van der Waals surface area (Å²) in [6, 6.07) is 14.5. The molecular formula is C23H27NO3. The lowest BCUT2D eigenvalue weighted by Crippen LogP contribution is -2.38. The summed E-state index contributed by atoms with van der Waals surface area (Å²) in [7, 11) is 2.12. The molecule has 0 aliphatic carbocycles. The Morgan fingerprint density at radius 3 is 2.74 bits per heavy atom. The van der Waals surface area contributed by atoms with Gasteiger partial charge in [0, 0.05) is 30.8 Å². The molecule has 2 aliphatic rings. The van der Waals surface area contributed by atoms with Crippen LogP contribution < -0.4 is 14.4 Å². The van der Waals surface area contributed by atoms with E-state index >= 15 is 0 Å². The first kappa shape index (κ1) is 17.9. The Morgan fingerprint density at radius 1 is 1.00 bits per heavy atom. The Balaban J connectivity index is 1.19. The molecule has 1 atom stereocenters. The summed E-state index contributed by atoms with van der Waals surface area (Å²) in [4.78, 5) is 14.7. The molecule has 4 nitrogen and oxygen atoms in total. The van der Waals surface area contributed by atoms with Crippen LogP contribution in [0.3, 0.4) is 0 Å². The van der Waals surface area contributed by atoms with Gasteiger partial charge in [0.1, 0.15) is 0 Å². The first-order valence-corrected chi connectivity index (χ1v) is 9.96. The van der Waals surface area contributed by atoms with Crippen LogP contribution in [0.2, 0.25) is 0 Å². The first-order valence-electron chi connectivity index (χ1n) is 9.96. The van der Waals surface area contributed by atoms with Crippen molar-refractivity contribution in [1.29, 1.82) is 0 Å². The van der Waals surface area contributed by atoms with Crippen LogP contribution in [0.15, 0.2) is 42.5 Å². The van der Waals surface area contributed by atoms with E-state index in [2.05, 4.69) is 30.1 Å². The van der Waals surface area contributed by atoms with Crippen LogP contribution in [0.25, 0.3) is 0 Å². The van der Waals surface area contributed by atoms with Crippen LogP contribution in [0.4, 0.5) is 5.69 Å². The summed E-state index contributed by atoms with van der Waals surface area (Å²) in [5.41, 5.74) is 3.27. The minimum absolute atomic E-state index is 0.288. The van der Waals surface area contributed by atoms with Gasteiger partial charge in [-0.1, -0.05) is 37.5 Å². The van der Waals surface area contributed by atoms with Gasteiger partial charge in [0.2, 0.25) is 6.79 Å². The zero-order valence-corrected chi connectivity index (χ0v) is 15.9. The fraction of sp³-hybridized carbons (Fsp3) is 0.435. The Kier molecular flexibility index (Phi) is 5.33. The third kappa shape index (κ3) is 3.95. The van der Waals surface area contributed by atoms with E-state index in [0.717, 1.165) is 35.6 Å². The number of carbonyl (C=O) groups excluding carboxylic acids is 1. The van der Waals surface area contributed by atoms with Crippen molar-refractivity contribution in [3.63, 3.8) is 0 Å². The third-order valence-corrected chi connectivity index (χ3v) is 5.74. The molecule has 4 rings (SSSR count). The van der Waals surface area contributed by atoms with Gasteiger partial charge >= 0.3 is 0 Å². The average molecular weight is 365 g/mol. The first-order chi connectivity index (χ1) is 13.2. The van der Waals surface area contributed by atoms with E-state index in [1.807, 2.05) is 24.3 Å². The predicted molar refractivity (Wildman–Crippen MR) is 107 cm³/mol. The minimum Gasteiger partial charge on any atom is -0.454 e. The molecule has 0 saturated heterocycles. The second kappa shape index (κ2) is 8.03. The topological polar surface area (TPSA) is 38.8 Å². The number of ketones is 1. The predicted octanol–water partition coefficient (Wildman–Crippen LogP) is 5.00. The molecule has 4 heteroatoms. The van der Waals surface area contributed by atoms with Gasteiger partial charge in [0.05, 0.1) is 0 Å². The van der Waals surface area contributed by atoms with Crippen molar-refractivity contribution in [2.45, 2.75) is 51.0 Å². The number of hydrogen-bond donors (Lipinski definition) is 0. The third-order valence-electron chi connectivity index (χ3n) is 5.74. The van der Waals surface area contributed by atoms with E-state index in [1.54, 1.807) is 0 Å². The van der Waals surface area contributed by atoms with Gasteiger partial charge < -0.3 is 14.4 Å². The number of Topliss-reactive ketones (excluding diaryl/α,β-unsaturated/α-hetero) is 1. The van der Waals surface area contributed by atoms with Gasteiger partial charge in [-0.25, -0.2) is 0 Å². The lowest BCUT2D eigenvalue weighted by molar-refractivity contribution is 0.0965. The summed E-state index contributed by atoms with van der Waals surface area (Å²) in [6.07, 6.45) is 7.59. The number of hydrogen-bond acceptors (Lipinski definition) is 4. The maximum atomic E-state index is 12.4. The second-order valence-corrected chi connectivity index (χ2v) is 7.55. The Hall–Kier alpha value is -2.49. The zero-order chi connectivity index (χ0) is 18.6. The SMILES string of the molecule is CN1c2ccccc2C(=O)CC1CCCCCCc1ccc2c(c1)OCO2. The van der Waals surface area contributed by atoms with Gasteiger partial charge in [-0.2, -0.15) is 0 Å². The van der Waals surface area contributed by atoms with Gasteiger partial charge in [0.15, 0.2) is 17.3 Å². The summed E-state index contributed by atoms with van der Waals surface area (Å²) in [5.74, 6) is 2.01. The summed E-state index contributed by atoms with van der Waals surface area (Å²) < 4.78 is 10.8. The number of carbonyl (C=O) groups is 1. The molecule has 27 heavy (non-hydrogen) atoms. The molecule has 0 saturated carbocycles. The van der Waals surface area contributed by atoms with E-state index in [4.69, 9.17) is 9.47 Å². The summed E-state index contributed by atoms with van der Waals surface area (Å²) in [6.45, 7) is 0.335. The zero-order valence-electron chi connectivity index (χ0n) is 15.9. The van der Waals surface area contributed by atoms with Crippen molar-refractivity contribution in [2.75, 3.05) is 18.7 Å². The molecule has 2 aliphatic heterocycles. The van der Waals surface area contributed by atoms with E-state index in [-0.39, 0.29) is 5.78 Å². The molecule has 2 heterocycles. The highest BCUT2D eigenvalue weighted by Gasteiger charge is 2.28. The maximum Gasteiger partial charge on any atom is 0.231 e. The number of anilines is 1. The fourth-order valence-electron chi connectivity index (χ4n) is 4.13.